The molecule has 0 aromatic heterocycles. The van der Waals surface area contributed by atoms with Crippen LogP contribution < -0.4 is 4.74 Å². The molecule has 0 heterocycles. The van der Waals surface area contributed by atoms with E-state index in [1.807, 2.05) is 32.9 Å². The first-order chi connectivity index (χ1) is 7.04. The molecule has 1 aromatic carbocycles. The van der Waals surface area contributed by atoms with E-state index in [1.165, 1.54) is 0 Å². The zero-order valence-electron chi connectivity index (χ0n) is 9.55. The Morgan fingerprint density at radius 1 is 1.47 bits per heavy atom. The van der Waals surface area contributed by atoms with Gasteiger partial charge in [0.05, 0.1) is 0 Å². The van der Waals surface area contributed by atoms with E-state index in [2.05, 4.69) is 12.5 Å². The summed E-state index contributed by atoms with van der Waals surface area (Å²) in [4.78, 5) is 0. The van der Waals surface area contributed by atoms with Crippen LogP contribution in [0.4, 0.5) is 0 Å². The van der Waals surface area contributed by atoms with Crippen LogP contribution in [0.2, 0.25) is 0 Å². The molecule has 0 saturated heterocycles. The van der Waals surface area contributed by atoms with Crippen molar-refractivity contribution in [2.75, 3.05) is 6.61 Å². The molecule has 1 rings (SSSR count). The van der Waals surface area contributed by atoms with Gasteiger partial charge in [-0.15, -0.1) is 6.42 Å². The number of rotatable bonds is 3. The molecule has 1 nitrogen and oxygen atoms in total. The second-order valence-electron chi connectivity index (χ2n) is 3.81. The standard InChI is InChI=1S/C14H16O/c1-6-13-7-11(4)12(5)14(8-13)15-9-10(2)3/h1,7-8H,2,9H2,3-5H3. The lowest BCUT2D eigenvalue weighted by Crippen LogP contribution is -2.00. The smallest absolute Gasteiger partial charge is 0.124 e. The summed E-state index contributed by atoms with van der Waals surface area (Å²) < 4.78 is 5.63. The summed E-state index contributed by atoms with van der Waals surface area (Å²) in [5, 5.41) is 0. The second-order valence-corrected chi connectivity index (χ2v) is 3.81. The van der Waals surface area contributed by atoms with E-state index in [-0.39, 0.29) is 0 Å². The summed E-state index contributed by atoms with van der Waals surface area (Å²) in [5.41, 5.74) is 4.14. The van der Waals surface area contributed by atoms with Gasteiger partial charge in [-0.2, -0.15) is 0 Å². The molecular weight excluding hydrogens is 184 g/mol. The molecule has 78 valence electrons. The first-order valence-electron chi connectivity index (χ1n) is 4.89. The van der Waals surface area contributed by atoms with Crippen LogP contribution in [0.1, 0.15) is 23.6 Å². The summed E-state index contributed by atoms with van der Waals surface area (Å²) in [5.74, 6) is 3.47. The average molecular weight is 200 g/mol. The molecule has 0 spiro atoms. The van der Waals surface area contributed by atoms with Crippen molar-refractivity contribution in [2.45, 2.75) is 20.8 Å². The van der Waals surface area contributed by atoms with Gasteiger partial charge in [0, 0.05) is 5.56 Å². The van der Waals surface area contributed by atoms with Gasteiger partial charge in [-0.25, -0.2) is 0 Å². The normalized spacial score (nSPS) is 9.47. The molecule has 0 radical (unpaired) electrons. The highest BCUT2D eigenvalue weighted by Gasteiger charge is 2.04. The lowest BCUT2D eigenvalue weighted by atomic mass is 10.1. The molecular formula is C14H16O. The Balaban J connectivity index is 3.01. The Morgan fingerprint density at radius 3 is 2.67 bits per heavy atom. The SMILES string of the molecule is C#Cc1cc(C)c(C)c(OCC(=C)C)c1. The van der Waals surface area contributed by atoms with Gasteiger partial charge in [0.1, 0.15) is 12.4 Å². The maximum atomic E-state index is 5.63. The van der Waals surface area contributed by atoms with Crippen molar-refractivity contribution in [1.29, 1.82) is 0 Å². The maximum Gasteiger partial charge on any atom is 0.124 e. The van der Waals surface area contributed by atoms with Crippen LogP contribution >= 0.6 is 0 Å². The van der Waals surface area contributed by atoms with E-state index in [0.717, 1.165) is 28.0 Å². The summed E-state index contributed by atoms with van der Waals surface area (Å²) in [6.07, 6.45) is 5.37. The molecule has 1 heteroatoms. The van der Waals surface area contributed by atoms with Gasteiger partial charge in [-0.05, 0) is 49.6 Å². The van der Waals surface area contributed by atoms with Crippen LogP contribution in [0.3, 0.4) is 0 Å². The van der Waals surface area contributed by atoms with Gasteiger partial charge in [0.25, 0.3) is 0 Å². The van der Waals surface area contributed by atoms with Crippen molar-refractivity contribution in [3.8, 4) is 18.1 Å². The molecule has 0 saturated carbocycles. The average Bonchev–Trinajstić information content (AvgIpc) is 2.19. The van der Waals surface area contributed by atoms with Gasteiger partial charge >= 0.3 is 0 Å². The highest BCUT2D eigenvalue weighted by molar-refractivity contribution is 5.47. The largest absolute Gasteiger partial charge is 0.489 e. The van der Waals surface area contributed by atoms with Crippen LogP contribution in [-0.4, -0.2) is 6.61 Å². The van der Waals surface area contributed by atoms with Crippen LogP contribution in [-0.2, 0) is 0 Å². The minimum Gasteiger partial charge on any atom is -0.489 e. The predicted octanol–water partition coefficient (Wildman–Crippen LogP) is 3.24. The highest BCUT2D eigenvalue weighted by Crippen LogP contribution is 2.23. The van der Waals surface area contributed by atoms with Crippen LogP contribution in [0.5, 0.6) is 5.75 Å². The summed E-state index contributed by atoms with van der Waals surface area (Å²) in [6.45, 7) is 10.3. The van der Waals surface area contributed by atoms with Crippen molar-refractivity contribution in [2.24, 2.45) is 0 Å². The van der Waals surface area contributed by atoms with Crippen molar-refractivity contribution < 1.29 is 4.74 Å². The Morgan fingerprint density at radius 2 is 2.13 bits per heavy atom. The molecule has 0 bridgehead atoms. The highest BCUT2D eigenvalue weighted by atomic mass is 16.5. The maximum absolute atomic E-state index is 5.63. The molecule has 0 N–H and O–H groups in total. The molecule has 0 aliphatic rings. The van der Waals surface area contributed by atoms with Crippen LogP contribution in [0, 0.1) is 26.2 Å². The van der Waals surface area contributed by atoms with Gasteiger partial charge < -0.3 is 4.74 Å². The molecule has 1 aromatic rings. The topological polar surface area (TPSA) is 9.23 Å². The first-order valence-corrected chi connectivity index (χ1v) is 4.89. The van der Waals surface area contributed by atoms with Crippen molar-refractivity contribution in [3.63, 3.8) is 0 Å². The second kappa shape index (κ2) is 4.70. The zero-order valence-corrected chi connectivity index (χ0v) is 9.55. The Kier molecular flexibility index (Phi) is 3.57. The summed E-state index contributed by atoms with van der Waals surface area (Å²) in [7, 11) is 0. The van der Waals surface area contributed by atoms with Gasteiger partial charge in [-0.3, -0.25) is 0 Å². The van der Waals surface area contributed by atoms with E-state index >= 15 is 0 Å². The van der Waals surface area contributed by atoms with Crippen LogP contribution in [0.25, 0.3) is 0 Å². The number of aryl methyl sites for hydroxylation is 1. The van der Waals surface area contributed by atoms with E-state index in [9.17, 15) is 0 Å². The van der Waals surface area contributed by atoms with Crippen molar-refractivity contribution in [1.82, 2.24) is 0 Å². The molecule has 0 aliphatic heterocycles. The predicted molar refractivity (Wildman–Crippen MR) is 64.2 cm³/mol. The lowest BCUT2D eigenvalue weighted by molar-refractivity contribution is 0.350. The van der Waals surface area contributed by atoms with E-state index in [4.69, 9.17) is 11.2 Å². The molecule has 0 aliphatic carbocycles. The fourth-order valence-corrected chi connectivity index (χ4v) is 1.26. The van der Waals surface area contributed by atoms with E-state index < -0.39 is 0 Å². The Bertz CT molecular complexity index is 422. The summed E-state index contributed by atoms with van der Waals surface area (Å²) in [6, 6.07) is 3.88. The third kappa shape index (κ3) is 2.89. The molecule has 0 amide bonds. The third-order valence-electron chi connectivity index (χ3n) is 2.26. The number of hydrogen-bond acceptors (Lipinski definition) is 1. The van der Waals surface area contributed by atoms with Crippen molar-refractivity contribution >= 4 is 0 Å². The number of ether oxygens (including phenoxy) is 1. The minimum atomic E-state index is 0.536. The van der Waals surface area contributed by atoms with Gasteiger partial charge in [0.2, 0.25) is 0 Å². The molecule has 15 heavy (non-hydrogen) atoms. The third-order valence-corrected chi connectivity index (χ3v) is 2.26. The molecule has 0 atom stereocenters. The van der Waals surface area contributed by atoms with Crippen molar-refractivity contribution in [3.05, 3.63) is 41.0 Å². The lowest BCUT2D eigenvalue weighted by Gasteiger charge is -2.11. The minimum absolute atomic E-state index is 0.536. The Labute approximate surface area is 91.8 Å². The zero-order chi connectivity index (χ0) is 11.4. The number of benzene rings is 1. The molecule has 0 unspecified atom stereocenters. The van der Waals surface area contributed by atoms with Gasteiger partial charge in [-0.1, -0.05) is 12.5 Å². The van der Waals surface area contributed by atoms with Crippen LogP contribution in [0.15, 0.2) is 24.3 Å². The summed E-state index contributed by atoms with van der Waals surface area (Å²) >= 11 is 0. The Hall–Kier alpha value is -1.68. The first kappa shape index (κ1) is 11.4. The fraction of sp³-hybridized carbons (Fsp3) is 0.286. The van der Waals surface area contributed by atoms with E-state index in [1.54, 1.807) is 0 Å². The van der Waals surface area contributed by atoms with E-state index in [0.29, 0.717) is 6.61 Å². The number of terminal acetylenes is 1. The monoisotopic (exact) mass is 200 g/mol. The number of hydrogen-bond donors (Lipinski definition) is 0. The van der Waals surface area contributed by atoms with Gasteiger partial charge in [0.15, 0.2) is 0 Å². The fourth-order valence-electron chi connectivity index (χ4n) is 1.26. The quantitative estimate of drug-likeness (QED) is 0.537. The molecule has 0 fully saturated rings.